The van der Waals surface area contributed by atoms with Crippen LogP contribution in [0, 0.1) is 0 Å². The van der Waals surface area contributed by atoms with Crippen molar-refractivity contribution in [3.63, 3.8) is 0 Å². The van der Waals surface area contributed by atoms with Crippen LogP contribution in [0.4, 0.5) is 5.69 Å². The molecule has 3 aromatic carbocycles. The summed E-state index contributed by atoms with van der Waals surface area (Å²) < 4.78 is 0. The first kappa shape index (κ1) is 23.6. The van der Waals surface area contributed by atoms with Crippen LogP contribution in [0.5, 0.6) is 0 Å². The molecule has 2 saturated heterocycles. The highest BCUT2D eigenvalue weighted by Crippen LogP contribution is 2.22. The van der Waals surface area contributed by atoms with Crippen LogP contribution in [-0.2, 0) is 9.59 Å². The smallest absolute Gasteiger partial charge is 0.254 e. The first-order valence-corrected chi connectivity index (χ1v) is 12.4. The summed E-state index contributed by atoms with van der Waals surface area (Å²) in [6.07, 6.45) is -0.00892. The van der Waals surface area contributed by atoms with Crippen molar-refractivity contribution in [3.8, 4) is 11.1 Å². The molecule has 36 heavy (non-hydrogen) atoms. The SMILES string of the molecule is O=C1NCCN(C(=O)c2ccc(-c3ccccc3)cc2)C1CC(=O)N1CCN(c2ccccc2)CC1. The molecule has 3 aromatic rings. The molecule has 184 valence electrons. The second kappa shape index (κ2) is 10.6. The Hall–Kier alpha value is -4.13. The van der Waals surface area contributed by atoms with E-state index in [1.807, 2.05) is 60.7 Å². The van der Waals surface area contributed by atoms with Crippen LogP contribution in [0.15, 0.2) is 84.9 Å². The zero-order valence-electron chi connectivity index (χ0n) is 20.2. The summed E-state index contributed by atoms with van der Waals surface area (Å²) in [6.45, 7) is 3.43. The van der Waals surface area contributed by atoms with E-state index in [0.29, 0.717) is 31.7 Å². The minimum atomic E-state index is -0.806. The first-order valence-electron chi connectivity index (χ1n) is 12.4. The molecule has 0 aromatic heterocycles. The molecule has 7 heteroatoms. The molecule has 3 amide bonds. The molecule has 1 atom stereocenters. The number of nitrogens with one attached hydrogen (secondary N) is 1. The standard InChI is InChI=1S/C29H30N4O3/c34-27(32-19-17-31(18-20-32)25-9-5-2-6-10-25)21-26-28(35)30-15-16-33(26)29(36)24-13-11-23(12-14-24)22-7-3-1-4-8-22/h1-14,26H,15-21H2,(H,30,35). The number of carbonyl (C=O) groups excluding carboxylic acids is 3. The average Bonchev–Trinajstić information content (AvgIpc) is 2.95. The molecule has 0 spiro atoms. The number of para-hydroxylation sites is 1. The Morgan fingerprint density at radius 3 is 2.03 bits per heavy atom. The third-order valence-electron chi connectivity index (χ3n) is 6.95. The van der Waals surface area contributed by atoms with Gasteiger partial charge < -0.3 is 20.0 Å². The van der Waals surface area contributed by atoms with Crippen molar-refractivity contribution in [2.24, 2.45) is 0 Å². The molecule has 2 aliphatic rings. The van der Waals surface area contributed by atoms with E-state index < -0.39 is 6.04 Å². The fourth-order valence-corrected chi connectivity index (χ4v) is 4.91. The Kier molecular flexibility index (Phi) is 6.98. The zero-order valence-corrected chi connectivity index (χ0v) is 20.2. The number of rotatable bonds is 5. The topological polar surface area (TPSA) is 73.0 Å². The number of anilines is 1. The van der Waals surface area contributed by atoms with E-state index in [1.165, 1.54) is 0 Å². The lowest BCUT2D eigenvalue weighted by atomic mass is 10.0. The largest absolute Gasteiger partial charge is 0.368 e. The quantitative estimate of drug-likeness (QED) is 0.607. The van der Waals surface area contributed by atoms with Crippen LogP contribution in [0.1, 0.15) is 16.8 Å². The van der Waals surface area contributed by atoms with Gasteiger partial charge in [-0.1, -0.05) is 60.7 Å². The highest BCUT2D eigenvalue weighted by molar-refractivity contribution is 6.00. The van der Waals surface area contributed by atoms with Gasteiger partial charge in [0.25, 0.3) is 5.91 Å². The molecule has 2 heterocycles. The number of carbonyl (C=O) groups is 3. The van der Waals surface area contributed by atoms with Gasteiger partial charge in [0.15, 0.2) is 0 Å². The maximum absolute atomic E-state index is 13.4. The van der Waals surface area contributed by atoms with Crippen LogP contribution in [0.3, 0.4) is 0 Å². The summed E-state index contributed by atoms with van der Waals surface area (Å²) in [6, 6.07) is 26.7. The number of amides is 3. The molecule has 0 aliphatic carbocycles. The summed E-state index contributed by atoms with van der Waals surface area (Å²) in [4.78, 5) is 44.9. The first-order chi connectivity index (χ1) is 17.6. The predicted molar refractivity (Wildman–Crippen MR) is 140 cm³/mol. The number of hydrogen-bond donors (Lipinski definition) is 1. The Morgan fingerprint density at radius 1 is 0.750 bits per heavy atom. The van der Waals surface area contributed by atoms with Crippen molar-refractivity contribution in [3.05, 3.63) is 90.5 Å². The van der Waals surface area contributed by atoms with Crippen LogP contribution in [0.2, 0.25) is 0 Å². The maximum Gasteiger partial charge on any atom is 0.254 e. The van der Waals surface area contributed by atoms with Crippen LogP contribution in [0.25, 0.3) is 11.1 Å². The zero-order chi connectivity index (χ0) is 24.9. The molecule has 0 bridgehead atoms. The second-order valence-electron chi connectivity index (χ2n) is 9.16. The van der Waals surface area contributed by atoms with E-state index in [-0.39, 0.29) is 24.1 Å². The van der Waals surface area contributed by atoms with Crippen molar-refractivity contribution in [1.82, 2.24) is 15.1 Å². The van der Waals surface area contributed by atoms with Crippen molar-refractivity contribution in [2.45, 2.75) is 12.5 Å². The molecular formula is C29H30N4O3. The number of nitrogens with zero attached hydrogens (tertiary/aromatic N) is 3. The van der Waals surface area contributed by atoms with Gasteiger partial charge >= 0.3 is 0 Å². The van der Waals surface area contributed by atoms with E-state index in [2.05, 4.69) is 22.3 Å². The van der Waals surface area contributed by atoms with Gasteiger partial charge in [0.1, 0.15) is 6.04 Å². The van der Waals surface area contributed by atoms with Crippen LogP contribution < -0.4 is 10.2 Å². The molecule has 0 radical (unpaired) electrons. The van der Waals surface area contributed by atoms with Gasteiger partial charge in [-0.15, -0.1) is 0 Å². The fourth-order valence-electron chi connectivity index (χ4n) is 4.91. The second-order valence-corrected chi connectivity index (χ2v) is 9.16. The Balaban J connectivity index is 1.24. The number of piperazine rings is 2. The Morgan fingerprint density at radius 2 is 1.36 bits per heavy atom. The van der Waals surface area contributed by atoms with E-state index >= 15 is 0 Å². The summed E-state index contributed by atoms with van der Waals surface area (Å²) in [5.41, 5.74) is 3.75. The van der Waals surface area contributed by atoms with Gasteiger partial charge in [-0.05, 0) is 35.4 Å². The van der Waals surface area contributed by atoms with Crippen molar-refractivity contribution in [1.29, 1.82) is 0 Å². The predicted octanol–water partition coefficient (Wildman–Crippen LogP) is 3.03. The lowest BCUT2D eigenvalue weighted by Crippen LogP contribution is -2.59. The van der Waals surface area contributed by atoms with Crippen molar-refractivity contribution < 1.29 is 14.4 Å². The maximum atomic E-state index is 13.4. The molecule has 2 fully saturated rings. The third-order valence-corrected chi connectivity index (χ3v) is 6.95. The normalized spacial score (nSPS) is 18.1. The lowest BCUT2D eigenvalue weighted by Gasteiger charge is -2.39. The highest BCUT2D eigenvalue weighted by Gasteiger charge is 2.36. The minimum absolute atomic E-state index is 0.00892. The van der Waals surface area contributed by atoms with E-state index in [0.717, 1.165) is 29.9 Å². The van der Waals surface area contributed by atoms with Crippen molar-refractivity contribution in [2.75, 3.05) is 44.2 Å². The average molecular weight is 483 g/mol. The highest BCUT2D eigenvalue weighted by atomic mass is 16.2. The molecule has 1 N–H and O–H groups in total. The van der Waals surface area contributed by atoms with Gasteiger partial charge in [0.2, 0.25) is 11.8 Å². The summed E-state index contributed by atoms with van der Waals surface area (Å²) >= 11 is 0. The van der Waals surface area contributed by atoms with Gasteiger partial charge in [-0.25, -0.2) is 0 Å². The van der Waals surface area contributed by atoms with Gasteiger partial charge in [-0.3, -0.25) is 14.4 Å². The van der Waals surface area contributed by atoms with Gasteiger partial charge in [0.05, 0.1) is 6.42 Å². The van der Waals surface area contributed by atoms with Gasteiger partial charge in [-0.2, -0.15) is 0 Å². The molecule has 2 aliphatic heterocycles. The third kappa shape index (κ3) is 5.10. The monoisotopic (exact) mass is 482 g/mol. The van der Waals surface area contributed by atoms with Crippen molar-refractivity contribution >= 4 is 23.4 Å². The number of benzene rings is 3. The summed E-state index contributed by atoms with van der Waals surface area (Å²) in [5.74, 6) is -0.593. The fraction of sp³-hybridized carbons (Fsp3) is 0.276. The minimum Gasteiger partial charge on any atom is -0.368 e. The molecule has 1 unspecified atom stereocenters. The van der Waals surface area contributed by atoms with Crippen LogP contribution in [-0.4, -0.2) is 72.8 Å². The lowest BCUT2D eigenvalue weighted by molar-refractivity contribution is -0.138. The molecule has 5 rings (SSSR count). The number of hydrogen-bond acceptors (Lipinski definition) is 4. The Labute approximate surface area is 211 Å². The van der Waals surface area contributed by atoms with E-state index in [1.54, 1.807) is 21.9 Å². The van der Waals surface area contributed by atoms with E-state index in [4.69, 9.17) is 0 Å². The Bertz CT molecular complexity index is 1210. The molecule has 0 saturated carbocycles. The summed E-state index contributed by atoms with van der Waals surface area (Å²) in [5, 5.41) is 2.82. The van der Waals surface area contributed by atoms with E-state index in [9.17, 15) is 14.4 Å². The van der Waals surface area contributed by atoms with Gasteiger partial charge in [0, 0.05) is 50.5 Å². The molecular weight excluding hydrogens is 452 g/mol. The summed E-state index contributed by atoms with van der Waals surface area (Å²) in [7, 11) is 0. The van der Waals surface area contributed by atoms with Crippen LogP contribution >= 0.6 is 0 Å². The molecule has 7 nitrogen and oxygen atoms in total.